The summed E-state index contributed by atoms with van der Waals surface area (Å²) in [5.74, 6) is 2.78. The zero-order valence-electron chi connectivity index (χ0n) is 12.8. The normalized spacial score (nSPS) is 50.2. The third kappa shape index (κ3) is 1.58. The van der Waals surface area contributed by atoms with Gasteiger partial charge in [-0.1, -0.05) is 32.4 Å². The van der Waals surface area contributed by atoms with E-state index in [4.69, 9.17) is 0 Å². The van der Waals surface area contributed by atoms with E-state index in [2.05, 4.69) is 26.0 Å². The molecule has 0 heterocycles. The fourth-order valence-corrected chi connectivity index (χ4v) is 5.99. The van der Waals surface area contributed by atoms with Crippen LogP contribution in [0.1, 0.15) is 58.8 Å². The van der Waals surface area contributed by atoms with Crippen LogP contribution in [-0.4, -0.2) is 5.78 Å². The molecule has 1 heteroatoms. The van der Waals surface area contributed by atoms with Crippen LogP contribution in [0.5, 0.6) is 0 Å². The zero-order valence-corrected chi connectivity index (χ0v) is 12.8. The second-order valence-corrected chi connectivity index (χ2v) is 8.22. The van der Waals surface area contributed by atoms with Crippen LogP contribution in [-0.2, 0) is 4.79 Å². The van der Waals surface area contributed by atoms with Crippen LogP contribution in [0.2, 0.25) is 0 Å². The van der Waals surface area contributed by atoms with Gasteiger partial charge in [-0.3, -0.25) is 4.79 Å². The summed E-state index contributed by atoms with van der Waals surface area (Å²) in [6.07, 6.45) is 15.6. The van der Waals surface area contributed by atoms with Crippen molar-refractivity contribution in [2.24, 2.45) is 28.6 Å². The molecule has 2 saturated carbocycles. The third-order valence-electron chi connectivity index (χ3n) is 7.30. The zero-order chi connectivity index (χ0) is 14.0. The molecule has 3 unspecified atom stereocenters. The molecule has 0 spiro atoms. The molecule has 4 rings (SSSR count). The van der Waals surface area contributed by atoms with E-state index < -0.39 is 0 Å². The highest BCUT2D eigenvalue weighted by Crippen LogP contribution is 2.63. The van der Waals surface area contributed by atoms with Crippen molar-refractivity contribution in [3.8, 4) is 0 Å². The first-order valence-electron chi connectivity index (χ1n) is 8.46. The van der Waals surface area contributed by atoms with Crippen molar-refractivity contribution in [3.05, 3.63) is 23.8 Å². The predicted molar refractivity (Wildman–Crippen MR) is 81.2 cm³/mol. The summed E-state index contributed by atoms with van der Waals surface area (Å²) < 4.78 is 0. The first-order valence-corrected chi connectivity index (χ1v) is 8.46. The van der Waals surface area contributed by atoms with Crippen LogP contribution in [0.15, 0.2) is 23.8 Å². The van der Waals surface area contributed by atoms with Crippen molar-refractivity contribution in [2.45, 2.75) is 58.8 Å². The van der Waals surface area contributed by atoms with Gasteiger partial charge in [0.2, 0.25) is 0 Å². The summed E-state index contributed by atoms with van der Waals surface area (Å²) >= 11 is 0. The Kier molecular flexibility index (Phi) is 2.63. The smallest absolute Gasteiger partial charge is 0.156 e. The molecule has 2 fully saturated rings. The summed E-state index contributed by atoms with van der Waals surface area (Å²) in [6, 6.07) is 0. The second-order valence-electron chi connectivity index (χ2n) is 8.22. The van der Waals surface area contributed by atoms with E-state index in [1.807, 2.05) is 6.08 Å². The summed E-state index contributed by atoms with van der Waals surface area (Å²) in [6.45, 7) is 4.97. The van der Waals surface area contributed by atoms with E-state index in [0.29, 0.717) is 11.2 Å². The molecule has 0 bridgehead atoms. The number of rotatable bonds is 0. The van der Waals surface area contributed by atoms with Crippen molar-refractivity contribution in [1.82, 2.24) is 0 Å². The maximum Gasteiger partial charge on any atom is 0.156 e. The molecule has 0 aromatic carbocycles. The van der Waals surface area contributed by atoms with Crippen LogP contribution in [0.4, 0.5) is 0 Å². The van der Waals surface area contributed by atoms with Crippen molar-refractivity contribution < 1.29 is 4.79 Å². The summed E-state index contributed by atoms with van der Waals surface area (Å²) in [5.41, 5.74) is 2.21. The minimum absolute atomic E-state index is 0.275. The number of allylic oxidation sites excluding steroid dienone is 4. The van der Waals surface area contributed by atoms with Crippen molar-refractivity contribution >= 4 is 5.78 Å². The first-order chi connectivity index (χ1) is 9.53. The average Bonchev–Trinajstić information content (AvgIpc) is 2.81. The van der Waals surface area contributed by atoms with Gasteiger partial charge in [0, 0.05) is 6.42 Å². The standard InChI is InChI=1S/C19H26O/c1-18-9-3-4-16(18)15-6-5-13-12-14(20)7-11-19(13,2)17(15)8-10-18/h5-6,12,15-17H,3-4,7-11H2,1-2H3/t15?,16?,17?,18-,19-/m0/s1. The quantitative estimate of drug-likeness (QED) is 0.624. The molecular formula is C19H26O. The van der Waals surface area contributed by atoms with Gasteiger partial charge in [-0.25, -0.2) is 0 Å². The van der Waals surface area contributed by atoms with Crippen molar-refractivity contribution in [1.29, 1.82) is 0 Å². The van der Waals surface area contributed by atoms with Gasteiger partial charge in [0.05, 0.1) is 0 Å². The number of hydrogen-bond acceptors (Lipinski definition) is 1. The van der Waals surface area contributed by atoms with Crippen molar-refractivity contribution in [3.63, 3.8) is 0 Å². The van der Waals surface area contributed by atoms with Gasteiger partial charge in [-0.05, 0) is 72.3 Å². The molecule has 0 aromatic heterocycles. The van der Waals surface area contributed by atoms with Gasteiger partial charge in [0.25, 0.3) is 0 Å². The number of hydrogen-bond donors (Lipinski definition) is 0. The molecule has 1 nitrogen and oxygen atoms in total. The molecular weight excluding hydrogens is 244 g/mol. The lowest BCUT2D eigenvalue weighted by Gasteiger charge is -2.55. The van der Waals surface area contributed by atoms with Crippen LogP contribution in [0, 0.1) is 28.6 Å². The number of fused-ring (bicyclic) bond motifs is 5. The van der Waals surface area contributed by atoms with E-state index in [-0.39, 0.29) is 5.41 Å². The lowest BCUT2D eigenvalue weighted by Crippen LogP contribution is -2.47. The Morgan fingerprint density at radius 2 is 1.95 bits per heavy atom. The monoisotopic (exact) mass is 270 g/mol. The Morgan fingerprint density at radius 1 is 1.10 bits per heavy atom. The topological polar surface area (TPSA) is 17.1 Å². The predicted octanol–water partition coefficient (Wildman–Crippen LogP) is 4.68. The van der Waals surface area contributed by atoms with Gasteiger partial charge in [0.15, 0.2) is 5.78 Å². The Balaban J connectivity index is 1.76. The minimum Gasteiger partial charge on any atom is -0.295 e. The Labute approximate surface area is 122 Å². The Bertz CT molecular complexity index is 514. The van der Waals surface area contributed by atoms with Gasteiger partial charge in [0.1, 0.15) is 0 Å². The lowest BCUT2D eigenvalue weighted by molar-refractivity contribution is -0.116. The van der Waals surface area contributed by atoms with E-state index in [1.54, 1.807) is 0 Å². The molecule has 0 radical (unpaired) electrons. The third-order valence-corrected chi connectivity index (χ3v) is 7.30. The van der Waals surface area contributed by atoms with Gasteiger partial charge < -0.3 is 0 Å². The van der Waals surface area contributed by atoms with E-state index >= 15 is 0 Å². The number of carbonyl (C=O) groups is 1. The van der Waals surface area contributed by atoms with Crippen LogP contribution < -0.4 is 0 Å². The molecule has 4 aliphatic rings. The Hall–Kier alpha value is -0.850. The molecule has 0 saturated heterocycles. The molecule has 5 atom stereocenters. The SMILES string of the molecule is C[C@@]12CCCC1C1C=CC3=CC(=O)CC[C@]3(C)C1CC2. The summed E-state index contributed by atoms with van der Waals surface area (Å²) in [7, 11) is 0. The van der Waals surface area contributed by atoms with E-state index in [1.165, 1.54) is 37.7 Å². The average molecular weight is 270 g/mol. The maximum absolute atomic E-state index is 11.7. The highest BCUT2D eigenvalue weighted by atomic mass is 16.1. The lowest BCUT2D eigenvalue weighted by atomic mass is 9.49. The van der Waals surface area contributed by atoms with Crippen LogP contribution >= 0.6 is 0 Å². The molecule has 0 aromatic rings. The summed E-state index contributed by atoms with van der Waals surface area (Å²) in [5, 5.41) is 0. The molecule has 0 amide bonds. The highest BCUT2D eigenvalue weighted by Gasteiger charge is 2.54. The second kappa shape index (κ2) is 4.08. The summed E-state index contributed by atoms with van der Waals surface area (Å²) in [4.78, 5) is 11.7. The molecule has 108 valence electrons. The van der Waals surface area contributed by atoms with Crippen LogP contribution in [0.25, 0.3) is 0 Å². The number of carbonyl (C=O) groups excluding carboxylic acids is 1. The maximum atomic E-state index is 11.7. The number of ketones is 1. The van der Waals surface area contributed by atoms with E-state index in [0.717, 1.165) is 30.6 Å². The first kappa shape index (κ1) is 12.9. The minimum atomic E-state index is 0.275. The Morgan fingerprint density at radius 3 is 2.80 bits per heavy atom. The van der Waals surface area contributed by atoms with E-state index in [9.17, 15) is 4.79 Å². The van der Waals surface area contributed by atoms with Gasteiger partial charge in [-0.15, -0.1) is 0 Å². The fourth-order valence-electron chi connectivity index (χ4n) is 5.99. The highest BCUT2D eigenvalue weighted by molar-refractivity contribution is 5.92. The fraction of sp³-hybridized carbons (Fsp3) is 0.737. The largest absolute Gasteiger partial charge is 0.295 e. The van der Waals surface area contributed by atoms with Gasteiger partial charge >= 0.3 is 0 Å². The molecule has 20 heavy (non-hydrogen) atoms. The molecule has 4 aliphatic carbocycles. The van der Waals surface area contributed by atoms with Gasteiger partial charge in [-0.2, -0.15) is 0 Å². The molecule has 0 N–H and O–H groups in total. The van der Waals surface area contributed by atoms with Crippen molar-refractivity contribution in [2.75, 3.05) is 0 Å². The molecule has 0 aliphatic heterocycles. The van der Waals surface area contributed by atoms with Crippen LogP contribution in [0.3, 0.4) is 0 Å².